The smallest absolute Gasteiger partial charge is 0.264 e. The van der Waals surface area contributed by atoms with Gasteiger partial charge in [-0.3, -0.25) is 13.9 Å². The summed E-state index contributed by atoms with van der Waals surface area (Å²) in [4.78, 5) is 29.6. The molecule has 0 spiro atoms. The van der Waals surface area contributed by atoms with Crippen molar-refractivity contribution >= 4 is 39.1 Å². The molecule has 0 radical (unpaired) electrons. The van der Waals surface area contributed by atoms with E-state index in [-0.39, 0.29) is 23.4 Å². The Hall–Kier alpha value is -3.56. The quantitative estimate of drug-likeness (QED) is 0.247. The summed E-state index contributed by atoms with van der Waals surface area (Å²) in [5, 5.41) is 3.51. The van der Waals surface area contributed by atoms with Gasteiger partial charge in [0.2, 0.25) is 11.8 Å². The number of carbonyl (C=O) groups excluding carboxylic acids is 2. The number of benzene rings is 3. The second-order valence-corrected chi connectivity index (χ2v) is 13.7. The molecule has 1 fully saturated rings. The molecule has 0 bridgehead atoms. The standard InChI is InChI=1S/C34H42ClN3O5S/c1-5-31(34(40)36-28-9-7-6-8-10-28)37(22-26-14-17-29(43-4)18-15-26)33(39)23-38(32-21-27(35)16-13-25(32)3)44(41,42)30-19-11-24(2)12-20-30/h11-21,28,31H,5-10,22-23H2,1-4H3,(H,36,40)/t31-/m1/s1. The number of nitrogens with one attached hydrogen (secondary N) is 1. The van der Waals surface area contributed by atoms with Crippen molar-refractivity contribution in [3.05, 3.63) is 88.4 Å². The summed E-state index contributed by atoms with van der Waals surface area (Å²) >= 11 is 6.34. The van der Waals surface area contributed by atoms with Crippen LogP contribution >= 0.6 is 11.6 Å². The second-order valence-electron chi connectivity index (χ2n) is 11.4. The first-order valence-corrected chi connectivity index (χ1v) is 16.9. The van der Waals surface area contributed by atoms with Gasteiger partial charge in [0.05, 0.1) is 17.7 Å². The molecule has 0 unspecified atom stereocenters. The molecule has 8 nitrogen and oxygen atoms in total. The van der Waals surface area contributed by atoms with E-state index in [1.54, 1.807) is 56.5 Å². The van der Waals surface area contributed by atoms with Crippen LogP contribution in [0.25, 0.3) is 0 Å². The lowest BCUT2D eigenvalue weighted by atomic mass is 9.95. The van der Waals surface area contributed by atoms with Gasteiger partial charge >= 0.3 is 0 Å². The van der Waals surface area contributed by atoms with Crippen LogP contribution in [0.1, 0.15) is 62.1 Å². The third-order valence-electron chi connectivity index (χ3n) is 8.18. The Morgan fingerprint density at radius 3 is 2.25 bits per heavy atom. The number of halogens is 1. The third-order valence-corrected chi connectivity index (χ3v) is 10.2. The lowest BCUT2D eigenvalue weighted by molar-refractivity contribution is -0.140. The number of amides is 2. The normalized spacial score (nSPS) is 14.5. The van der Waals surface area contributed by atoms with Crippen molar-refractivity contribution in [3.8, 4) is 5.75 Å². The molecule has 3 aromatic carbocycles. The highest BCUT2D eigenvalue weighted by Gasteiger charge is 2.35. The van der Waals surface area contributed by atoms with Gasteiger partial charge in [-0.05, 0) is 80.6 Å². The third kappa shape index (κ3) is 8.12. The maximum atomic E-state index is 14.4. The van der Waals surface area contributed by atoms with Crippen LogP contribution in [0.3, 0.4) is 0 Å². The number of methoxy groups -OCH3 is 1. The summed E-state index contributed by atoms with van der Waals surface area (Å²) in [6.07, 6.45) is 5.44. The van der Waals surface area contributed by atoms with Crippen LogP contribution in [0, 0.1) is 13.8 Å². The van der Waals surface area contributed by atoms with Crippen molar-refractivity contribution in [2.45, 2.75) is 82.8 Å². The topological polar surface area (TPSA) is 96.0 Å². The van der Waals surface area contributed by atoms with Crippen molar-refractivity contribution < 1.29 is 22.7 Å². The number of hydrogen-bond donors (Lipinski definition) is 1. The predicted octanol–water partition coefficient (Wildman–Crippen LogP) is 6.42. The van der Waals surface area contributed by atoms with Crippen molar-refractivity contribution in [2.75, 3.05) is 18.0 Å². The first-order valence-electron chi connectivity index (χ1n) is 15.1. The van der Waals surface area contributed by atoms with Crippen LogP contribution in [0.15, 0.2) is 71.6 Å². The van der Waals surface area contributed by atoms with E-state index in [4.69, 9.17) is 16.3 Å². The molecule has 0 heterocycles. The number of rotatable bonds is 12. The van der Waals surface area contributed by atoms with Crippen LogP contribution in [-0.2, 0) is 26.2 Å². The molecule has 10 heteroatoms. The lowest BCUT2D eigenvalue weighted by Gasteiger charge is -2.34. The Morgan fingerprint density at radius 1 is 0.977 bits per heavy atom. The maximum absolute atomic E-state index is 14.4. The van der Waals surface area contributed by atoms with Crippen molar-refractivity contribution in [1.82, 2.24) is 10.2 Å². The minimum Gasteiger partial charge on any atom is -0.497 e. The summed E-state index contributed by atoms with van der Waals surface area (Å²) in [6, 6.07) is 18.0. The highest BCUT2D eigenvalue weighted by atomic mass is 35.5. The summed E-state index contributed by atoms with van der Waals surface area (Å²) in [6.45, 7) is 5.11. The van der Waals surface area contributed by atoms with E-state index in [1.165, 1.54) is 17.0 Å². The summed E-state index contributed by atoms with van der Waals surface area (Å²) in [5.41, 5.74) is 2.64. The van der Waals surface area contributed by atoms with Gasteiger partial charge in [0.1, 0.15) is 18.3 Å². The molecule has 4 rings (SSSR count). The number of sulfonamides is 1. The molecule has 0 saturated heterocycles. The van der Waals surface area contributed by atoms with E-state index in [9.17, 15) is 18.0 Å². The molecule has 1 aliphatic rings. The largest absolute Gasteiger partial charge is 0.497 e. The van der Waals surface area contributed by atoms with E-state index in [2.05, 4.69) is 5.32 Å². The maximum Gasteiger partial charge on any atom is 0.264 e. The molecular formula is C34H42ClN3O5S. The number of carbonyl (C=O) groups is 2. The Labute approximate surface area is 266 Å². The Morgan fingerprint density at radius 2 is 1.64 bits per heavy atom. The molecule has 236 valence electrons. The fraction of sp³-hybridized carbons (Fsp3) is 0.412. The molecule has 1 saturated carbocycles. The van der Waals surface area contributed by atoms with Gasteiger partial charge < -0.3 is 15.0 Å². The molecule has 1 N–H and O–H groups in total. The number of anilines is 1. The first-order chi connectivity index (χ1) is 21.0. The van der Waals surface area contributed by atoms with Gasteiger partial charge in [-0.1, -0.05) is 73.7 Å². The number of aryl methyl sites for hydroxylation is 2. The highest BCUT2D eigenvalue weighted by Crippen LogP contribution is 2.30. The van der Waals surface area contributed by atoms with E-state index in [0.29, 0.717) is 28.4 Å². The fourth-order valence-corrected chi connectivity index (χ4v) is 7.23. The number of hydrogen-bond acceptors (Lipinski definition) is 5. The highest BCUT2D eigenvalue weighted by molar-refractivity contribution is 7.92. The first kappa shape index (κ1) is 33.3. The molecule has 0 aliphatic heterocycles. The minimum atomic E-state index is -4.19. The monoisotopic (exact) mass is 639 g/mol. The molecular weight excluding hydrogens is 598 g/mol. The van der Waals surface area contributed by atoms with Crippen LogP contribution in [-0.4, -0.2) is 50.9 Å². The minimum absolute atomic E-state index is 0.0547. The Balaban J connectivity index is 1.73. The van der Waals surface area contributed by atoms with E-state index in [0.717, 1.165) is 47.5 Å². The number of nitrogens with zero attached hydrogens (tertiary/aromatic N) is 2. The summed E-state index contributed by atoms with van der Waals surface area (Å²) in [5.74, 6) is -0.0600. The lowest BCUT2D eigenvalue weighted by Crippen LogP contribution is -2.54. The molecule has 44 heavy (non-hydrogen) atoms. The average molecular weight is 640 g/mol. The van der Waals surface area contributed by atoms with Crippen LogP contribution in [0.4, 0.5) is 5.69 Å². The molecule has 1 aliphatic carbocycles. The summed E-state index contributed by atoms with van der Waals surface area (Å²) in [7, 11) is -2.61. The average Bonchev–Trinajstić information content (AvgIpc) is 3.02. The van der Waals surface area contributed by atoms with Crippen LogP contribution < -0.4 is 14.4 Å². The Kier molecular flexibility index (Phi) is 11.3. The SMILES string of the molecule is CC[C@H](C(=O)NC1CCCCC1)N(Cc1ccc(OC)cc1)C(=O)CN(c1cc(Cl)ccc1C)S(=O)(=O)c1ccc(C)cc1. The molecule has 2 amide bonds. The number of ether oxygens (including phenoxy) is 1. The van der Waals surface area contributed by atoms with Gasteiger partial charge in [-0.25, -0.2) is 8.42 Å². The zero-order valence-corrected chi connectivity index (χ0v) is 27.5. The molecule has 3 aromatic rings. The van der Waals surface area contributed by atoms with Crippen molar-refractivity contribution in [3.63, 3.8) is 0 Å². The van der Waals surface area contributed by atoms with Gasteiger partial charge in [0.15, 0.2) is 0 Å². The van der Waals surface area contributed by atoms with E-state index >= 15 is 0 Å². The van der Waals surface area contributed by atoms with Gasteiger partial charge in [0, 0.05) is 17.6 Å². The van der Waals surface area contributed by atoms with Crippen LogP contribution in [0.2, 0.25) is 5.02 Å². The zero-order valence-electron chi connectivity index (χ0n) is 25.9. The van der Waals surface area contributed by atoms with Crippen molar-refractivity contribution in [2.24, 2.45) is 0 Å². The van der Waals surface area contributed by atoms with Crippen LogP contribution in [0.5, 0.6) is 5.75 Å². The summed E-state index contributed by atoms with van der Waals surface area (Å²) < 4.78 is 34.7. The molecule has 0 aromatic heterocycles. The molecule has 1 atom stereocenters. The van der Waals surface area contributed by atoms with E-state index < -0.39 is 28.5 Å². The van der Waals surface area contributed by atoms with Gasteiger partial charge in [-0.15, -0.1) is 0 Å². The fourth-order valence-electron chi connectivity index (χ4n) is 5.59. The zero-order chi connectivity index (χ0) is 31.9. The van der Waals surface area contributed by atoms with Gasteiger partial charge in [-0.2, -0.15) is 0 Å². The van der Waals surface area contributed by atoms with E-state index in [1.807, 2.05) is 26.0 Å². The second kappa shape index (κ2) is 14.9. The predicted molar refractivity (Wildman–Crippen MR) is 175 cm³/mol. The van der Waals surface area contributed by atoms with Crippen molar-refractivity contribution in [1.29, 1.82) is 0 Å². The Bertz CT molecular complexity index is 1540. The van der Waals surface area contributed by atoms with Gasteiger partial charge in [0.25, 0.3) is 10.0 Å².